The average Bonchev–Trinajstić information content (AvgIpc) is 2.52. The van der Waals surface area contributed by atoms with Crippen LogP contribution in [-0.4, -0.2) is 17.4 Å². The molecule has 0 saturated carbocycles. The highest BCUT2D eigenvalue weighted by molar-refractivity contribution is 5.80. The Kier molecular flexibility index (Phi) is 4.87. The molecule has 0 aliphatic carbocycles. The van der Waals surface area contributed by atoms with E-state index >= 15 is 0 Å². The van der Waals surface area contributed by atoms with Crippen LogP contribution in [0.4, 0.5) is 11.4 Å². The van der Waals surface area contributed by atoms with Gasteiger partial charge < -0.3 is 10.6 Å². The van der Waals surface area contributed by atoms with E-state index in [9.17, 15) is 14.9 Å². The number of nitro groups is 1. The van der Waals surface area contributed by atoms with Crippen LogP contribution < -0.4 is 10.6 Å². The molecule has 6 heteroatoms. The van der Waals surface area contributed by atoms with Gasteiger partial charge in [0.1, 0.15) is 0 Å². The number of nitrogens with zero attached hydrogens (tertiary/aromatic N) is 1. The van der Waals surface area contributed by atoms with Crippen molar-refractivity contribution in [1.82, 2.24) is 5.32 Å². The summed E-state index contributed by atoms with van der Waals surface area (Å²) < 4.78 is 0. The van der Waals surface area contributed by atoms with Crippen LogP contribution in [-0.2, 0) is 11.3 Å². The number of carbonyl (C=O) groups is 1. The molecule has 2 aromatic carbocycles. The molecule has 0 fully saturated rings. The topological polar surface area (TPSA) is 84.3 Å². The summed E-state index contributed by atoms with van der Waals surface area (Å²) in [6.07, 6.45) is 0. The van der Waals surface area contributed by atoms with Crippen molar-refractivity contribution in [3.63, 3.8) is 0 Å². The van der Waals surface area contributed by atoms with Crippen LogP contribution in [0, 0.1) is 10.1 Å². The van der Waals surface area contributed by atoms with E-state index in [4.69, 9.17) is 0 Å². The van der Waals surface area contributed by atoms with Crippen molar-refractivity contribution in [2.75, 3.05) is 11.9 Å². The zero-order chi connectivity index (χ0) is 15.1. The van der Waals surface area contributed by atoms with Crippen molar-refractivity contribution < 1.29 is 9.72 Å². The summed E-state index contributed by atoms with van der Waals surface area (Å²) in [5.41, 5.74) is 1.55. The monoisotopic (exact) mass is 285 g/mol. The molecule has 0 bridgehead atoms. The van der Waals surface area contributed by atoms with E-state index in [1.54, 1.807) is 12.1 Å². The minimum Gasteiger partial charge on any atom is -0.376 e. The molecule has 0 aromatic heterocycles. The van der Waals surface area contributed by atoms with Gasteiger partial charge >= 0.3 is 0 Å². The van der Waals surface area contributed by atoms with Crippen LogP contribution in [0.25, 0.3) is 0 Å². The normalized spacial score (nSPS) is 9.90. The molecule has 0 atom stereocenters. The van der Waals surface area contributed by atoms with Crippen molar-refractivity contribution in [2.45, 2.75) is 6.54 Å². The van der Waals surface area contributed by atoms with Gasteiger partial charge in [0, 0.05) is 24.4 Å². The van der Waals surface area contributed by atoms with E-state index in [0.717, 1.165) is 5.56 Å². The molecule has 2 aromatic rings. The first-order chi connectivity index (χ1) is 10.1. The van der Waals surface area contributed by atoms with Crippen molar-refractivity contribution in [3.05, 3.63) is 70.3 Å². The molecular formula is C15H15N3O3. The van der Waals surface area contributed by atoms with E-state index in [1.807, 2.05) is 30.3 Å². The van der Waals surface area contributed by atoms with Gasteiger partial charge in [-0.3, -0.25) is 14.9 Å². The summed E-state index contributed by atoms with van der Waals surface area (Å²) in [4.78, 5) is 21.9. The third-order valence-electron chi connectivity index (χ3n) is 2.84. The Hall–Kier alpha value is -2.89. The molecule has 2 N–H and O–H groups in total. The lowest BCUT2D eigenvalue weighted by molar-refractivity contribution is -0.384. The third-order valence-corrected chi connectivity index (χ3v) is 2.84. The largest absolute Gasteiger partial charge is 0.376 e. The number of nitro benzene ring substituents is 1. The van der Waals surface area contributed by atoms with E-state index in [-0.39, 0.29) is 18.1 Å². The molecule has 6 nitrogen and oxygen atoms in total. The molecule has 0 aliphatic heterocycles. The second-order valence-corrected chi connectivity index (χ2v) is 4.42. The van der Waals surface area contributed by atoms with Crippen LogP contribution in [0.5, 0.6) is 0 Å². The lowest BCUT2D eigenvalue weighted by atomic mass is 10.2. The van der Waals surface area contributed by atoms with E-state index in [2.05, 4.69) is 10.6 Å². The Labute approximate surface area is 121 Å². The van der Waals surface area contributed by atoms with Crippen molar-refractivity contribution in [3.8, 4) is 0 Å². The molecule has 0 radical (unpaired) electrons. The van der Waals surface area contributed by atoms with Gasteiger partial charge in [0.2, 0.25) is 5.91 Å². The molecule has 0 aliphatic rings. The van der Waals surface area contributed by atoms with Crippen LogP contribution in [0.1, 0.15) is 5.56 Å². The van der Waals surface area contributed by atoms with Crippen LogP contribution in [0.3, 0.4) is 0 Å². The zero-order valence-corrected chi connectivity index (χ0v) is 11.3. The van der Waals surface area contributed by atoms with E-state index in [1.165, 1.54) is 12.1 Å². The Bertz CT molecular complexity index is 629. The molecule has 2 rings (SSSR count). The van der Waals surface area contributed by atoms with Gasteiger partial charge in [-0.05, 0) is 11.6 Å². The summed E-state index contributed by atoms with van der Waals surface area (Å²) in [7, 11) is 0. The molecule has 0 saturated heterocycles. The number of nitrogens with one attached hydrogen (secondary N) is 2. The van der Waals surface area contributed by atoms with Gasteiger partial charge in [-0.25, -0.2) is 0 Å². The first-order valence-electron chi connectivity index (χ1n) is 6.44. The van der Waals surface area contributed by atoms with E-state index < -0.39 is 4.92 Å². The fourth-order valence-electron chi connectivity index (χ4n) is 1.77. The predicted octanol–water partition coefficient (Wildman–Crippen LogP) is 2.32. The third kappa shape index (κ3) is 4.61. The quantitative estimate of drug-likeness (QED) is 0.630. The summed E-state index contributed by atoms with van der Waals surface area (Å²) in [6, 6.07) is 15.6. The van der Waals surface area contributed by atoms with Crippen LogP contribution in [0.2, 0.25) is 0 Å². The lowest BCUT2D eigenvalue weighted by Gasteiger charge is -2.07. The molecule has 108 valence electrons. The molecule has 21 heavy (non-hydrogen) atoms. The number of non-ortho nitro benzene ring substituents is 1. The average molecular weight is 285 g/mol. The minimum atomic E-state index is -0.472. The van der Waals surface area contributed by atoms with Gasteiger partial charge in [0.05, 0.1) is 11.5 Å². The first kappa shape index (κ1) is 14.5. The molecule has 0 heterocycles. The number of rotatable bonds is 6. The highest BCUT2D eigenvalue weighted by atomic mass is 16.6. The Morgan fingerprint density at radius 1 is 1.10 bits per heavy atom. The first-order valence-corrected chi connectivity index (χ1v) is 6.44. The number of anilines is 1. The number of hydrogen-bond donors (Lipinski definition) is 2. The summed E-state index contributed by atoms with van der Waals surface area (Å²) in [6.45, 7) is 0.518. The highest BCUT2D eigenvalue weighted by Crippen LogP contribution is 2.16. The Balaban J connectivity index is 1.81. The standard InChI is InChI=1S/C15H15N3O3/c19-15(17-10-12-5-2-1-3-6-12)11-16-13-7-4-8-14(9-13)18(20)21/h1-9,16H,10-11H2,(H,17,19). The fraction of sp³-hybridized carbons (Fsp3) is 0.133. The van der Waals surface area contributed by atoms with Crippen LogP contribution >= 0.6 is 0 Å². The molecule has 1 amide bonds. The minimum absolute atomic E-state index is 0.00954. The van der Waals surface area contributed by atoms with Crippen LogP contribution in [0.15, 0.2) is 54.6 Å². The fourth-order valence-corrected chi connectivity index (χ4v) is 1.77. The number of hydrogen-bond acceptors (Lipinski definition) is 4. The van der Waals surface area contributed by atoms with Crippen molar-refractivity contribution in [2.24, 2.45) is 0 Å². The summed E-state index contributed by atoms with van der Waals surface area (Å²) in [5.74, 6) is -0.176. The SMILES string of the molecule is O=C(CNc1cccc([N+](=O)[O-])c1)NCc1ccccc1. The highest BCUT2D eigenvalue weighted by Gasteiger charge is 2.06. The number of carbonyl (C=O) groups excluding carboxylic acids is 1. The number of amides is 1. The summed E-state index contributed by atoms with van der Waals surface area (Å²) in [5, 5.41) is 16.3. The summed E-state index contributed by atoms with van der Waals surface area (Å²) >= 11 is 0. The zero-order valence-electron chi connectivity index (χ0n) is 11.3. The lowest BCUT2D eigenvalue weighted by Crippen LogP contribution is -2.29. The number of benzene rings is 2. The van der Waals surface area contributed by atoms with E-state index in [0.29, 0.717) is 12.2 Å². The maximum absolute atomic E-state index is 11.7. The van der Waals surface area contributed by atoms with Crippen molar-refractivity contribution >= 4 is 17.3 Å². The van der Waals surface area contributed by atoms with Gasteiger partial charge in [0.25, 0.3) is 5.69 Å². The second kappa shape index (κ2) is 7.04. The second-order valence-electron chi connectivity index (χ2n) is 4.42. The van der Waals surface area contributed by atoms with Crippen molar-refractivity contribution in [1.29, 1.82) is 0 Å². The smallest absolute Gasteiger partial charge is 0.271 e. The Morgan fingerprint density at radius 2 is 1.86 bits per heavy atom. The maximum atomic E-state index is 11.7. The van der Waals surface area contributed by atoms with Gasteiger partial charge in [-0.2, -0.15) is 0 Å². The predicted molar refractivity (Wildman–Crippen MR) is 79.9 cm³/mol. The molecule has 0 spiro atoms. The van der Waals surface area contributed by atoms with Gasteiger partial charge in [-0.1, -0.05) is 36.4 Å². The molecular weight excluding hydrogens is 270 g/mol. The van der Waals surface area contributed by atoms with Gasteiger partial charge in [-0.15, -0.1) is 0 Å². The van der Waals surface area contributed by atoms with Gasteiger partial charge in [0.15, 0.2) is 0 Å². The molecule has 0 unspecified atom stereocenters. The maximum Gasteiger partial charge on any atom is 0.271 e. The Morgan fingerprint density at radius 3 is 2.57 bits per heavy atom.